The van der Waals surface area contributed by atoms with E-state index in [-0.39, 0.29) is 6.42 Å². The van der Waals surface area contributed by atoms with Gasteiger partial charge in [-0.3, -0.25) is 0 Å². The third-order valence-corrected chi connectivity index (χ3v) is 3.36. The zero-order valence-electron chi connectivity index (χ0n) is 10.9. The second-order valence-electron chi connectivity index (χ2n) is 4.59. The number of methoxy groups -OCH3 is 2. The summed E-state index contributed by atoms with van der Waals surface area (Å²) < 4.78 is 8.95. The van der Waals surface area contributed by atoms with Crippen molar-refractivity contribution in [3.63, 3.8) is 0 Å². The number of aliphatic hydroxyl groups is 1. The predicted octanol–water partition coefficient (Wildman–Crippen LogP) is -0.157. The van der Waals surface area contributed by atoms with E-state index in [1.54, 1.807) is 0 Å². The Bertz CT molecular complexity index is 283. The van der Waals surface area contributed by atoms with Gasteiger partial charge in [-0.1, -0.05) is 0 Å². The van der Waals surface area contributed by atoms with E-state index in [4.69, 9.17) is 0 Å². The van der Waals surface area contributed by atoms with Crippen LogP contribution in [0.25, 0.3) is 0 Å². The number of piperidine rings is 1. The van der Waals surface area contributed by atoms with Crippen LogP contribution in [0.3, 0.4) is 0 Å². The van der Waals surface area contributed by atoms with Crippen LogP contribution in [0.4, 0.5) is 0 Å². The number of carbonyl (C=O) groups excluding carboxylic acids is 2. The van der Waals surface area contributed by atoms with Gasteiger partial charge in [0.25, 0.3) is 5.60 Å². The normalized spacial score (nSPS) is 20.3. The summed E-state index contributed by atoms with van der Waals surface area (Å²) in [5.41, 5.74) is -2.18. The zero-order valence-corrected chi connectivity index (χ0v) is 10.9. The molecule has 0 radical (unpaired) electrons. The molecule has 18 heavy (non-hydrogen) atoms. The second-order valence-corrected chi connectivity index (χ2v) is 4.59. The van der Waals surface area contributed by atoms with E-state index >= 15 is 0 Å². The molecule has 6 heteroatoms. The minimum atomic E-state index is -2.18. The highest BCUT2D eigenvalue weighted by Gasteiger charge is 2.46. The molecule has 1 aliphatic rings. The van der Waals surface area contributed by atoms with Gasteiger partial charge in [0.1, 0.15) is 0 Å². The summed E-state index contributed by atoms with van der Waals surface area (Å²) in [7, 11) is 2.27. The van der Waals surface area contributed by atoms with E-state index in [1.165, 1.54) is 0 Å². The first-order valence-electron chi connectivity index (χ1n) is 6.14. The fourth-order valence-corrected chi connectivity index (χ4v) is 2.21. The highest BCUT2D eigenvalue weighted by Crippen LogP contribution is 2.23. The molecule has 1 heterocycles. The minimum absolute atomic E-state index is 0.0265. The lowest BCUT2D eigenvalue weighted by Gasteiger charge is -2.27. The van der Waals surface area contributed by atoms with E-state index in [2.05, 4.69) is 14.8 Å². The lowest BCUT2D eigenvalue weighted by molar-refractivity contribution is -0.181. The molecule has 104 valence electrons. The van der Waals surface area contributed by atoms with Gasteiger partial charge >= 0.3 is 11.9 Å². The van der Waals surface area contributed by atoms with Gasteiger partial charge in [0.05, 0.1) is 14.2 Å². The number of carbonyl (C=O) groups is 2. The maximum atomic E-state index is 11.5. The first kappa shape index (κ1) is 14.9. The topological polar surface area (TPSA) is 84.9 Å². The molecule has 1 atom stereocenters. The Morgan fingerprint density at radius 1 is 1.33 bits per heavy atom. The van der Waals surface area contributed by atoms with Crippen molar-refractivity contribution in [1.82, 2.24) is 5.32 Å². The molecular formula is C12H21NO5. The molecule has 1 rings (SSSR count). The van der Waals surface area contributed by atoms with Crippen molar-refractivity contribution in [1.29, 1.82) is 0 Å². The Hall–Kier alpha value is -1.14. The average molecular weight is 259 g/mol. The largest absolute Gasteiger partial charge is 0.466 e. The molecule has 0 aromatic rings. The van der Waals surface area contributed by atoms with Crippen LogP contribution in [0.1, 0.15) is 25.7 Å². The van der Waals surface area contributed by atoms with Crippen molar-refractivity contribution < 1.29 is 24.2 Å². The Balaban J connectivity index is 2.60. The lowest BCUT2D eigenvalue weighted by atomic mass is 9.88. The SMILES string of the molecule is COC(=O)C(O)(CC[C@H]1CCCNC1)C(=O)OC. The molecule has 2 N–H and O–H groups in total. The molecule has 0 spiro atoms. The summed E-state index contributed by atoms with van der Waals surface area (Å²) in [6, 6.07) is 0. The van der Waals surface area contributed by atoms with Crippen LogP contribution in [0, 0.1) is 5.92 Å². The van der Waals surface area contributed by atoms with Crippen LogP contribution in [0.2, 0.25) is 0 Å². The fraction of sp³-hybridized carbons (Fsp3) is 0.833. The monoisotopic (exact) mass is 259 g/mol. The van der Waals surface area contributed by atoms with Crippen LogP contribution in [-0.2, 0) is 19.1 Å². The summed E-state index contributed by atoms with van der Waals surface area (Å²) in [6.45, 7) is 1.84. The average Bonchev–Trinajstić information content (AvgIpc) is 2.43. The van der Waals surface area contributed by atoms with Crippen LogP contribution in [0.5, 0.6) is 0 Å². The number of hydrogen-bond acceptors (Lipinski definition) is 6. The van der Waals surface area contributed by atoms with Crippen molar-refractivity contribution in [3.05, 3.63) is 0 Å². The highest BCUT2D eigenvalue weighted by atomic mass is 16.6. The molecule has 0 unspecified atom stereocenters. The van der Waals surface area contributed by atoms with Crippen molar-refractivity contribution in [2.45, 2.75) is 31.3 Å². The van der Waals surface area contributed by atoms with E-state index in [9.17, 15) is 14.7 Å². The summed E-state index contributed by atoms with van der Waals surface area (Å²) in [5, 5.41) is 13.4. The van der Waals surface area contributed by atoms with Gasteiger partial charge in [-0.15, -0.1) is 0 Å². The Morgan fingerprint density at radius 2 is 1.94 bits per heavy atom. The quantitative estimate of drug-likeness (QED) is 0.527. The molecule has 1 saturated heterocycles. The van der Waals surface area contributed by atoms with Crippen LogP contribution in [0.15, 0.2) is 0 Å². The van der Waals surface area contributed by atoms with Gasteiger partial charge < -0.3 is 19.9 Å². The maximum Gasteiger partial charge on any atom is 0.349 e. The van der Waals surface area contributed by atoms with Crippen molar-refractivity contribution in [2.75, 3.05) is 27.3 Å². The van der Waals surface area contributed by atoms with E-state index < -0.39 is 17.5 Å². The van der Waals surface area contributed by atoms with Gasteiger partial charge in [0.2, 0.25) is 0 Å². The third-order valence-electron chi connectivity index (χ3n) is 3.36. The van der Waals surface area contributed by atoms with E-state index in [0.717, 1.165) is 40.2 Å². The Labute approximate surface area is 107 Å². The van der Waals surface area contributed by atoms with Crippen molar-refractivity contribution in [3.8, 4) is 0 Å². The summed E-state index contributed by atoms with van der Waals surface area (Å²) in [6.07, 6.45) is 2.71. The van der Waals surface area contributed by atoms with E-state index in [0.29, 0.717) is 12.3 Å². The molecule has 0 aromatic heterocycles. The van der Waals surface area contributed by atoms with Crippen LogP contribution >= 0.6 is 0 Å². The lowest BCUT2D eigenvalue weighted by Crippen LogP contribution is -2.48. The zero-order chi connectivity index (χ0) is 13.6. The molecule has 0 amide bonds. The fourth-order valence-electron chi connectivity index (χ4n) is 2.21. The first-order chi connectivity index (χ1) is 8.54. The summed E-state index contributed by atoms with van der Waals surface area (Å²) in [4.78, 5) is 23.0. The molecule has 0 aromatic carbocycles. The number of ether oxygens (including phenoxy) is 2. The molecule has 6 nitrogen and oxygen atoms in total. The predicted molar refractivity (Wildman–Crippen MR) is 63.8 cm³/mol. The first-order valence-corrected chi connectivity index (χ1v) is 6.14. The van der Waals surface area contributed by atoms with Gasteiger partial charge in [0, 0.05) is 0 Å². The molecule has 1 aliphatic heterocycles. The van der Waals surface area contributed by atoms with Crippen LogP contribution in [-0.4, -0.2) is 50.0 Å². The number of hydrogen-bond donors (Lipinski definition) is 2. The molecular weight excluding hydrogens is 238 g/mol. The second kappa shape index (κ2) is 6.70. The summed E-state index contributed by atoms with van der Waals surface area (Å²) >= 11 is 0. The third kappa shape index (κ3) is 3.43. The Kier molecular flexibility index (Phi) is 5.55. The Morgan fingerprint density at radius 3 is 2.39 bits per heavy atom. The number of nitrogens with one attached hydrogen (secondary N) is 1. The molecule has 1 fully saturated rings. The number of esters is 2. The van der Waals surface area contributed by atoms with Gasteiger partial charge in [-0.05, 0) is 44.7 Å². The highest BCUT2D eigenvalue weighted by molar-refractivity contribution is 6.03. The molecule has 0 saturated carbocycles. The van der Waals surface area contributed by atoms with Crippen LogP contribution < -0.4 is 5.32 Å². The minimum Gasteiger partial charge on any atom is -0.466 e. The van der Waals surface area contributed by atoms with Gasteiger partial charge in [-0.25, -0.2) is 9.59 Å². The van der Waals surface area contributed by atoms with Gasteiger partial charge in [-0.2, -0.15) is 0 Å². The van der Waals surface area contributed by atoms with Crippen molar-refractivity contribution in [2.24, 2.45) is 5.92 Å². The number of rotatable bonds is 5. The van der Waals surface area contributed by atoms with Crippen molar-refractivity contribution >= 4 is 11.9 Å². The standard InChI is InChI=1S/C12H21NO5/c1-17-10(14)12(16,11(15)18-2)6-5-9-4-3-7-13-8-9/h9,13,16H,3-8H2,1-2H3/t9-/m1/s1. The maximum absolute atomic E-state index is 11.5. The molecule has 0 bridgehead atoms. The van der Waals surface area contributed by atoms with Gasteiger partial charge in [0.15, 0.2) is 0 Å². The van der Waals surface area contributed by atoms with E-state index in [1.807, 2.05) is 0 Å². The summed E-state index contributed by atoms with van der Waals surface area (Å²) in [5.74, 6) is -1.56. The molecule has 0 aliphatic carbocycles. The smallest absolute Gasteiger partial charge is 0.349 e.